The molecule has 0 heterocycles. The standard InChI is InChI=1S/C15H21NO3/c1-2-16(11-5-3-4-6-11)10-15(19)13-8-7-12(17)9-14(13)18/h7-9,11,17-18H,2-6,10H2,1H3. The third-order valence-corrected chi connectivity index (χ3v) is 3.88. The van der Waals surface area contributed by atoms with Crippen LogP contribution in [0.1, 0.15) is 43.0 Å². The summed E-state index contributed by atoms with van der Waals surface area (Å²) in [5, 5.41) is 19.0. The highest BCUT2D eigenvalue weighted by atomic mass is 16.3. The third-order valence-electron chi connectivity index (χ3n) is 3.88. The number of hydrogen-bond acceptors (Lipinski definition) is 4. The molecule has 1 aliphatic rings. The second-order valence-electron chi connectivity index (χ2n) is 5.13. The van der Waals surface area contributed by atoms with E-state index in [-0.39, 0.29) is 22.8 Å². The molecule has 104 valence electrons. The summed E-state index contributed by atoms with van der Waals surface area (Å²) in [4.78, 5) is 14.4. The van der Waals surface area contributed by atoms with Gasteiger partial charge in [-0.15, -0.1) is 0 Å². The van der Waals surface area contributed by atoms with Gasteiger partial charge in [-0.25, -0.2) is 0 Å². The number of hydrogen-bond donors (Lipinski definition) is 2. The Morgan fingerprint density at radius 1 is 1.32 bits per heavy atom. The van der Waals surface area contributed by atoms with Gasteiger partial charge in [-0.1, -0.05) is 19.8 Å². The molecule has 0 aromatic heterocycles. The monoisotopic (exact) mass is 263 g/mol. The average Bonchev–Trinajstić information content (AvgIpc) is 2.89. The quantitative estimate of drug-likeness (QED) is 0.801. The Labute approximate surface area is 113 Å². The molecule has 19 heavy (non-hydrogen) atoms. The largest absolute Gasteiger partial charge is 0.508 e. The van der Waals surface area contributed by atoms with Crippen LogP contribution in [0, 0.1) is 0 Å². The predicted octanol–water partition coefficient (Wildman–Crippen LogP) is 2.55. The number of phenols is 2. The normalized spacial score (nSPS) is 16.1. The molecule has 0 spiro atoms. The van der Waals surface area contributed by atoms with Crippen molar-refractivity contribution in [2.75, 3.05) is 13.1 Å². The summed E-state index contributed by atoms with van der Waals surface area (Å²) in [7, 11) is 0. The Morgan fingerprint density at radius 2 is 2.00 bits per heavy atom. The molecule has 0 bridgehead atoms. The zero-order valence-corrected chi connectivity index (χ0v) is 11.3. The van der Waals surface area contributed by atoms with Gasteiger partial charge in [0.05, 0.1) is 12.1 Å². The Hall–Kier alpha value is -1.55. The number of benzene rings is 1. The summed E-state index contributed by atoms with van der Waals surface area (Å²) in [6.45, 7) is 3.23. The van der Waals surface area contributed by atoms with Crippen LogP contribution >= 0.6 is 0 Å². The fraction of sp³-hybridized carbons (Fsp3) is 0.533. The van der Waals surface area contributed by atoms with Gasteiger partial charge in [-0.3, -0.25) is 9.69 Å². The first-order chi connectivity index (χ1) is 9.11. The zero-order chi connectivity index (χ0) is 13.8. The van der Waals surface area contributed by atoms with Crippen LogP contribution in [0.4, 0.5) is 0 Å². The summed E-state index contributed by atoms with van der Waals surface area (Å²) in [5.41, 5.74) is 0.286. The fourth-order valence-corrected chi connectivity index (χ4v) is 2.79. The molecule has 0 saturated heterocycles. The van der Waals surface area contributed by atoms with Crippen molar-refractivity contribution in [2.45, 2.75) is 38.6 Å². The predicted molar refractivity (Wildman–Crippen MR) is 73.6 cm³/mol. The van der Waals surface area contributed by atoms with E-state index in [0.29, 0.717) is 12.6 Å². The summed E-state index contributed by atoms with van der Waals surface area (Å²) in [5.74, 6) is -0.268. The molecule has 2 N–H and O–H groups in total. The maximum absolute atomic E-state index is 12.2. The minimum Gasteiger partial charge on any atom is -0.508 e. The smallest absolute Gasteiger partial charge is 0.180 e. The van der Waals surface area contributed by atoms with Crippen LogP contribution in [0.5, 0.6) is 11.5 Å². The lowest BCUT2D eigenvalue weighted by molar-refractivity contribution is 0.0896. The Balaban J connectivity index is 2.06. The second-order valence-corrected chi connectivity index (χ2v) is 5.13. The Kier molecular flexibility index (Phi) is 4.43. The van der Waals surface area contributed by atoms with Crippen molar-refractivity contribution in [1.29, 1.82) is 0 Å². The molecule has 1 aromatic carbocycles. The highest BCUT2D eigenvalue weighted by molar-refractivity contribution is 6.00. The number of nitrogens with zero attached hydrogens (tertiary/aromatic N) is 1. The molecule has 0 radical (unpaired) electrons. The van der Waals surface area contributed by atoms with E-state index < -0.39 is 0 Å². The van der Waals surface area contributed by atoms with Gasteiger partial charge in [0, 0.05) is 12.1 Å². The Bertz CT molecular complexity index is 453. The lowest BCUT2D eigenvalue weighted by Crippen LogP contribution is -2.37. The molecule has 4 nitrogen and oxygen atoms in total. The van der Waals surface area contributed by atoms with E-state index in [9.17, 15) is 15.0 Å². The van der Waals surface area contributed by atoms with E-state index in [1.807, 2.05) is 0 Å². The van der Waals surface area contributed by atoms with Crippen LogP contribution in [0.2, 0.25) is 0 Å². The minimum atomic E-state index is -0.146. The first-order valence-corrected chi connectivity index (χ1v) is 6.91. The van der Waals surface area contributed by atoms with E-state index in [1.165, 1.54) is 31.0 Å². The van der Waals surface area contributed by atoms with E-state index in [1.54, 1.807) is 0 Å². The first kappa shape index (κ1) is 13.9. The van der Waals surface area contributed by atoms with Crippen molar-refractivity contribution in [3.8, 4) is 11.5 Å². The second kappa shape index (κ2) is 6.06. The van der Waals surface area contributed by atoms with Gasteiger partial charge < -0.3 is 10.2 Å². The Morgan fingerprint density at radius 3 is 2.58 bits per heavy atom. The maximum Gasteiger partial charge on any atom is 0.180 e. The number of aromatic hydroxyl groups is 2. The number of rotatable bonds is 5. The minimum absolute atomic E-state index is 0.0304. The molecular formula is C15H21NO3. The van der Waals surface area contributed by atoms with Crippen LogP contribution in [0.3, 0.4) is 0 Å². The molecule has 0 atom stereocenters. The highest BCUT2D eigenvalue weighted by Crippen LogP contribution is 2.26. The lowest BCUT2D eigenvalue weighted by Gasteiger charge is -2.26. The topological polar surface area (TPSA) is 60.8 Å². The van der Waals surface area contributed by atoms with Gasteiger partial charge in [0.2, 0.25) is 0 Å². The number of phenolic OH excluding ortho intramolecular Hbond substituents is 2. The lowest BCUT2D eigenvalue weighted by atomic mass is 10.1. The van der Waals surface area contributed by atoms with Gasteiger partial charge in [0.1, 0.15) is 11.5 Å². The maximum atomic E-state index is 12.2. The van der Waals surface area contributed by atoms with Crippen LogP contribution in [-0.2, 0) is 0 Å². The first-order valence-electron chi connectivity index (χ1n) is 6.91. The zero-order valence-electron chi connectivity index (χ0n) is 11.3. The van der Waals surface area contributed by atoms with Crippen LogP contribution in [0.25, 0.3) is 0 Å². The van der Waals surface area contributed by atoms with Gasteiger partial charge in [0.25, 0.3) is 0 Å². The molecule has 0 unspecified atom stereocenters. The van der Waals surface area contributed by atoms with Gasteiger partial charge in [-0.2, -0.15) is 0 Å². The van der Waals surface area contributed by atoms with Crippen molar-refractivity contribution in [3.63, 3.8) is 0 Å². The molecular weight excluding hydrogens is 242 g/mol. The molecule has 2 rings (SSSR count). The number of likely N-dealkylation sites (N-methyl/N-ethyl adjacent to an activating group) is 1. The van der Waals surface area contributed by atoms with Crippen LogP contribution < -0.4 is 0 Å². The number of ketones is 1. The summed E-state index contributed by atoms with van der Waals surface area (Å²) < 4.78 is 0. The molecule has 1 aromatic rings. The number of carbonyl (C=O) groups is 1. The van der Waals surface area contributed by atoms with Gasteiger partial charge in [0.15, 0.2) is 5.78 Å². The molecule has 0 aliphatic heterocycles. The van der Waals surface area contributed by atoms with Crippen molar-refractivity contribution in [3.05, 3.63) is 23.8 Å². The molecule has 1 saturated carbocycles. The van der Waals surface area contributed by atoms with E-state index in [0.717, 1.165) is 19.4 Å². The van der Waals surface area contributed by atoms with Crippen LogP contribution in [-0.4, -0.2) is 40.0 Å². The van der Waals surface area contributed by atoms with Crippen molar-refractivity contribution < 1.29 is 15.0 Å². The van der Waals surface area contributed by atoms with Crippen molar-refractivity contribution >= 4 is 5.78 Å². The summed E-state index contributed by atoms with van der Waals surface area (Å²) in [6, 6.07) is 4.61. The molecule has 1 aliphatic carbocycles. The average molecular weight is 263 g/mol. The molecule has 0 amide bonds. The molecule has 4 heteroatoms. The SMILES string of the molecule is CCN(CC(=O)c1ccc(O)cc1O)C1CCCC1. The van der Waals surface area contributed by atoms with Crippen molar-refractivity contribution in [1.82, 2.24) is 4.90 Å². The van der Waals surface area contributed by atoms with E-state index in [2.05, 4.69) is 11.8 Å². The molecule has 1 fully saturated rings. The fourth-order valence-electron chi connectivity index (χ4n) is 2.79. The summed E-state index contributed by atoms with van der Waals surface area (Å²) in [6.07, 6.45) is 4.78. The third kappa shape index (κ3) is 3.26. The number of carbonyl (C=O) groups excluding carboxylic acids is 1. The number of Topliss-reactive ketones (excluding diaryl/α,β-unsaturated/α-hetero) is 1. The summed E-state index contributed by atoms with van der Waals surface area (Å²) >= 11 is 0. The highest BCUT2D eigenvalue weighted by Gasteiger charge is 2.24. The van der Waals surface area contributed by atoms with Crippen molar-refractivity contribution in [2.24, 2.45) is 0 Å². The van der Waals surface area contributed by atoms with E-state index in [4.69, 9.17) is 0 Å². The van der Waals surface area contributed by atoms with Gasteiger partial charge >= 0.3 is 0 Å². The van der Waals surface area contributed by atoms with Gasteiger partial charge in [-0.05, 0) is 31.5 Å². The van der Waals surface area contributed by atoms with E-state index >= 15 is 0 Å². The van der Waals surface area contributed by atoms with Crippen LogP contribution in [0.15, 0.2) is 18.2 Å².